The van der Waals surface area contributed by atoms with Crippen molar-refractivity contribution in [1.82, 2.24) is 0 Å². The summed E-state index contributed by atoms with van der Waals surface area (Å²) < 4.78 is 32.9. The van der Waals surface area contributed by atoms with Gasteiger partial charge in [-0.2, -0.15) is 5.26 Å². The third-order valence-corrected chi connectivity index (χ3v) is 7.18. The van der Waals surface area contributed by atoms with E-state index in [1.165, 1.54) is 0 Å². The molecule has 0 spiro atoms. The minimum absolute atomic E-state index is 0.00570. The minimum Gasteiger partial charge on any atom is -0.466 e. The molecule has 1 aliphatic carbocycles. The second-order valence-corrected chi connectivity index (χ2v) is 10.1. The van der Waals surface area contributed by atoms with Crippen molar-refractivity contribution in [3.05, 3.63) is 59.2 Å². The molecule has 0 aromatic heterocycles. The minimum atomic E-state index is -3.65. The van der Waals surface area contributed by atoms with Crippen molar-refractivity contribution in [2.45, 2.75) is 31.9 Å². The summed E-state index contributed by atoms with van der Waals surface area (Å²) in [6, 6.07) is 13.6. The summed E-state index contributed by atoms with van der Waals surface area (Å²) in [4.78, 5) is 26.2. The van der Waals surface area contributed by atoms with Gasteiger partial charge in [-0.05, 0) is 67.1 Å². The Morgan fingerprint density at radius 2 is 1.97 bits per heavy atom. The van der Waals surface area contributed by atoms with Crippen LogP contribution in [0.4, 0.5) is 11.4 Å². The fourth-order valence-electron chi connectivity index (χ4n) is 4.16. The number of anilines is 2. The first-order valence-electron chi connectivity index (χ1n) is 10.9. The van der Waals surface area contributed by atoms with E-state index in [-0.39, 0.29) is 29.5 Å². The third-order valence-electron chi connectivity index (χ3n) is 5.92. The summed E-state index contributed by atoms with van der Waals surface area (Å²) >= 11 is 0. The first kappa shape index (κ1) is 22.8. The van der Waals surface area contributed by atoms with Crippen molar-refractivity contribution in [2.75, 3.05) is 22.8 Å². The van der Waals surface area contributed by atoms with Crippen LogP contribution in [0.3, 0.4) is 0 Å². The highest BCUT2D eigenvalue weighted by Gasteiger charge is 2.46. The van der Waals surface area contributed by atoms with Gasteiger partial charge in [0.05, 0.1) is 29.9 Å². The van der Waals surface area contributed by atoms with Gasteiger partial charge in [-0.25, -0.2) is 8.42 Å². The monoisotopic (exact) mass is 467 g/mol. The zero-order valence-electron chi connectivity index (χ0n) is 18.3. The molecular weight excluding hydrogens is 442 g/mol. The number of carbonyl (C=O) groups is 2. The number of rotatable bonds is 8. The molecule has 2 aromatic rings. The van der Waals surface area contributed by atoms with E-state index in [0.717, 1.165) is 11.3 Å². The Kier molecular flexibility index (Phi) is 6.38. The Bertz CT molecular complexity index is 1220. The fraction of sp³-hybridized carbons (Fsp3) is 0.375. The zero-order chi connectivity index (χ0) is 23.6. The van der Waals surface area contributed by atoms with E-state index in [1.807, 2.05) is 6.07 Å². The number of nitriles is 1. The Balaban J connectivity index is 1.44. The maximum absolute atomic E-state index is 12.6. The predicted molar refractivity (Wildman–Crippen MR) is 123 cm³/mol. The fourth-order valence-corrected chi connectivity index (χ4v) is 5.35. The topological polar surface area (TPSA) is 117 Å². The molecule has 33 heavy (non-hydrogen) atoms. The van der Waals surface area contributed by atoms with E-state index in [4.69, 9.17) is 10.00 Å². The molecule has 2 aliphatic rings. The molecule has 1 fully saturated rings. The van der Waals surface area contributed by atoms with Crippen molar-refractivity contribution in [3.63, 3.8) is 0 Å². The van der Waals surface area contributed by atoms with Crippen molar-refractivity contribution in [1.29, 1.82) is 5.26 Å². The quantitative estimate of drug-likeness (QED) is 0.597. The summed E-state index contributed by atoms with van der Waals surface area (Å²) in [5.74, 6) is -0.483. The average molecular weight is 468 g/mol. The van der Waals surface area contributed by atoms with Crippen LogP contribution in [0.2, 0.25) is 0 Å². The number of hydrogen-bond acceptors (Lipinski definition) is 6. The van der Waals surface area contributed by atoms with E-state index in [9.17, 15) is 18.0 Å². The van der Waals surface area contributed by atoms with Gasteiger partial charge < -0.3 is 9.64 Å². The van der Waals surface area contributed by atoms with Crippen molar-refractivity contribution in [3.8, 4) is 6.07 Å². The average Bonchev–Trinajstić information content (AvgIpc) is 3.55. The lowest BCUT2D eigenvalue weighted by molar-refractivity contribution is -0.145. The molecule has 2 atom stereocenters. The van der Waals surface area contributed by atoms with Crippen LogP contribution in [-0.4, -0.2) is 33.4 Å². The highest BCUT2D eigenvalue weighted by molar-refractivity contribution is 7.91. The summed E-state index contributed by atoms with van der Waals surface area (Å²) in [5.41, 5.74) is 3.14. The standard InChI is InChI=1S/C24H25N3O5S/c1-2-32-24(29)21-12-19(21)14-27-22-9-8-20(11-18(22)7-10-23(27)28)26-33(30,31)15-17-5-3-16(13-25)4-6-17/h3-6,8-9,11,19,21,26H,2,7,10,12,14-15H2,1H3. The van der Waals surface area contributed by atoms with E-state index < -0.39 is 10.0 Å². The van der Waals surface area contributed by atoms with Crippen molar-refractivity contribution >= 4 is 33.3 Å². The number of benzene rings is 2. The number of aryl methyl sites for hydroxylation is 1. The zero-order valence-corrected chi connectivity index (χ0v) is 19.1. The summed E-state index contributed by atoms with van der Waals surface area (Å²) in [5, 5.41) is 8.87. The molecule has 1 N–H and O–H groups in total. The summed E-state index contributed by atoms with van der Waals surface area (Å²) in [7, 11) is -3.65. The molecule has 0 radical (unpaired) electrons. The van der Waals surface area contributed by atoms with Gasteiger partial charge in [-0.1, -0.05) is 12.1 Å². The van der Waals surface area contributed by atoms with Crippen LogP contribution in [-0.2, 0) is 36.5 Å². The number of carbonyl (C=O) groups excluding carboxylic acids is 2. The van der Waals surface area contributed by atoms with Crippen molar-refractivity contribution < 1.29 is 22.7 Å². The van der Waals surface area contributed by atoms with Crippen LogP contribution in [0.5, 0.6) is 0 Å². The Morgan fingerprint density at radius 3 is 2.67 bits per heavy atom. The van der Waals surface area contributed by atoms with Crippen LogP contribution in [0.15, 0.2) is 42.5 Å². The molecule has 1 saturated carbocycles. The lowest BCUT2D eigenvalue weighted by Gasteiger charge is -2.30. The van der Waals surface area contributed by atoms with Gasteiger partial charge in [-0.3, -0.25) is 14.3 Å². The first-order valence-corrected chi connectivity index (χ1v) is 12.5. The molecule has 2 aromatic carbocycles. The van der Waals surface area contributed by atoms with E-state index in [2.05, 4.69) is 4.72 Å². The van der Waals surface area contributed by atoms with E-state index in [0.29, 0.717) is 49.2 Å². The van der Waals surface area contributed by atoms with Crippen LogP contribution in [0.25, 0.3) is 0 Å². The molecule has 2 unspecified atom stereocenters. The maximum atomic E-state index is 12.6. The highest BCUT2D eigenvalue weighted by atomic mass is 32.2. The molecule has 1 amide bonds. The smallest absolute Gasteiger partial charge is 0.309 e. The largest absolute Gasteiger partial charge is 0.466 e. The number of hydrogen-bond donors (Lipinski definition) is 1. The van der Waals surface area contributed by atoms with Crippen LogP contribution in [0.1, 0.15) is 36.5 Å². The molecule has 0 saturated heterocycles. The highest BCUT2D eigenvalue weighted by Crippen LogP contribution is 2.42. The number of sulfonamides is 1. The number of nitrogens with zero attached hydrogens (tertiary/aromatic N) is 2. The summed E-state index contributed by atoms with van der Waals surface area (Å²) in [6.07, 6.45) is 1.58. The Morgan fingerprint density at radius 1 is 1.21 bits per heavy atom. The van der Waals surface area contributed by atoms with E-state index in [1.54, 1.807) is 54.3 Å². The molecule has 4 rings (SSSR count). The molecular formula is C24H25N3O5S. The van der Waals surface area contributed by atoms with Crippen molar-refractivity contribution in [2.24, 2.45) is 11.8 Å². The SMILES string of the molecule is CCOC(=O)C1CC1CN1C(=O)CCc2cc(NS(=O)(=O)Cc3ccc(C#N)cc3)ccc21. The van der Waals surface area contributed by atoms with Gasteiger partial charge >= 0.3 is 5.97 Å². The molecule has 8 nitrogen and oxygen atoms in total. The van der Waals surface area contributed by atoms with E-state index >= 15 is 0 Å². The van der Waals surface area contributed by atoms with Crippen LogP contribution in [0, 0.1) is 23.2 Å². The maximum Gasteiger partial charge on any atom is 0.309 e. The molecule has 172 valence electrons. The van der Waals surface area contributed by atoms with Gasteiger partial charge in [0, 0.05) is 24.3 Å². The van der Waals surface area contributed by atoms with Gasteiger partial charge in [0.1, 0.15) is 0 Å². The Hall–Kier alpha value is -3.38. The van der Waals surface area contributed by atoms with Gasteiger partial charge in [0.25, 0.3) is 0 Å². The van der Waals surface area contributed by atoms with Gasteiger partial charge in [0.15, 0.2) is 0 Å². The number of nitrogens with one attached hydrogen (secondary N) is 1. The van der Waals surface area contributed by atoms with Gasteiger partial charge in [-0.15, -0.1) is 0 Å². The normalized spacial score (nSPS) is 19.4. The molecule has 1 heterocycles. The second-order valence-electron chi connectivity index (χ2n) is 8.37. The second kappa shape index (κ2) is 9.24. The number of fused-ring (bicyclic) bond motifs is 1. The predicted octanol–water partition coefficient (Wildman–Crippen LogP) is 2.98. The Labute approximate surface area is 193 Å². The third kappa shape index (κ3) is 5.34. The number of amides is 1. The molecule has 9 heteroatoms. The summed E-state index contributed by atoms with van der Waals surface area (Å²) in [6.45, 7) is 2.58. The molecule has 0 bridgehead atoms. The first-order chi connectivity index (χ1) is 15.8. The number of ether oxygens (including phenoxy) is 1. The molecule has 1 aliphatic heterocycles. The lowest BCUT2D eigenvalue weighted by atomic mass is 10.00. The van der Waals surface area contributed by atoms with Gasteiger partial charge in [0.2, 0.25) is 15.9 Å². The lowest BCUT2D eigenvalue weighted by Crippen LogP contribution is -2.37. The van der Waals surface area contributed by atoms with Crippen LogP contribution >= 0.6 is 0 Å². The van der Waals surface area contributed by atoms with Crippen LogP contribution < -0.4 is 9.62 Å². The number of esters is 1.